The maximum atomic E-state index is 12.2. The van der Waals surface area contributed by atoms with Gasteiger partial charge in [0.1, 0.15) is 13.1 Å². The molecule has 0 spiro atoms. The van der Waals surface area contributed by atoms with E-state index in [1.807, 2.05) is 18.2 Å². The minimum absolute atomic E-state index is 0.0389. The maximum Gasteiger partial charge on any atom is 0.327 e. The first-order valence-electron chi connectivity index (χ1n) is 7.49. The molecule has 6 nitrogen and oxygen atoms in total. The van der Waals surface area contributed by atoms with Gasteiger partial charge >= 0.3 is 6.03 Å². The molecule has 1 aromatic rings. The number of likely N-dealkylation sites (N-methyl/N-ethyl adjacent to an activating group) is 1. The number of fused-ring (bicyclic) bond motifs is 1. The van der Waals surface area contributed by atoms with Crippen LogP contribution >= 0.6 is 0 Å². The van der Waals surface area contributed by atoms with Gasteiger partial charge in [-0.25, -0.2) is 4.79 Å². The van der Waals surface area contributed by atoms with Gasteiger partial charge in [0, 0.05) is 7.05 Å². The van der Waals surface area contributed by atoms with Gasteiger partial charge in [-0.05, 0) is 30.4 Å². The molecule has 2 aliphatic rings. The van der Waals surface area contributed by atoms with Crippen molar-refractivity contribution in [1.29, 1.82) is 0 Å². The SMILES string of the molecule is CN1CC(=O)N(CC(=O)N[C@@H]2CCCc3ccccc32)C1=O. The molecule has 22 heavy (non-hydrogen) atoms. The Labute approximate surface area is 129 Å². The predicted molar refractivity (Wildman–Crippen MR) is 80.0 cm³/mol. The van der Waals surface area contributed by atoms with Crippen LogP contribution in [0.5, 0.6) is 0 Å². The molecule has 1 saturated heterocycles. The smallest absolute Gasteiger partial charge is 0.327 e. The van der Waals surface area contributed by atoms with Crippen molar-refractivity contribution in [3.63, 3.8) is 0 Å². The van der Waals surface area contributed by atoms with Gasteiger partial charge in [0.15, 0.2) is 0 Å². The zero-order chi connectivity index (χ0) is 15.7. The fraction of sp³-hybridized carbons (Fsp3) is 0.438. The van der Waals surface area contributed by atoms with Crippen molar-refractivity contribution in [3.05, 3.63) is 35.4 Å². The largest absolute Gasteiger partial charge is 0.348 e. The van der Waals surface area contributed by atoms with E-state index in [0.29, 0.717) is 0 Å². The number of imide groups is 1. The first-order valence-corrected chi connectivity index (χ1v) is 7.49. The number of hydrogen-bond donors (Lipinski definition) is 1. The van der Waals surface area contributed by atoms with Gasteiger partial charge in [-0.1, -0.05) is 24.3 Å². The average molecular weight is 301 g/mol. The molecular weight excluding hydrogens is 282 g/mol. The molecular formula is C16H19N3O3. The number of aryl methyl sites for hydroxylation is 1. The lowest BCUT2D eigenvalue weighted by Gasteiger charge is -2.27. The average Bonchev–Trinajstić information content (AvgIpc) is 2.74. The Morgan fingerprint density at radius 2 is 2.09 bits per heavy atom. The van der Waals surface area contributed by atoms with Crippen LogP contribution < -0.4 is 5.32 Å². The lowest BCUT2D eigenvalue weighted by Crippen LogP contribution is -2.42. The zero-order valence-electron chi connectivity index (χ0n) is 12.5. The van der Waals surface area contributed by atoms with Crippen LogP contribution in [0.15, 0.2) is 24.3 Å². The third-order valence-electron chi connectivity index (χ3n) is 4.24. The molecule has 3 rings (SSSR count). The summed E-state index contributed by atoms with van der Waals surface area (Å²) >= 11 is 0. The number of amides is 4. The summed E-state index contributed by atoms with van der Waals surface area (Å²) in [7, 11) is 1.55. The molecule has 0 unspecified atom stereocenters. The van der Waals surface area contributed by atoms with Crippen LogP contribution in [-0.2, 0) is 16.0 Å². The second-order valence-corrected chi connectivity index (χ2v) is 5.83. The van der Waals surface area contributed by atoms with Crippen molar-refractivity contribution in [2.24, 2.45) is 0 Å². The first kappa shape index (κ1) is 14.6. The van der Waals surface area contributed by atoms with Crippen LogP contribution in [-0.4, -0.2) is 47.8 Å². The fourth-order valence-corrected chi connectivity index (χ4v) is 3.11. The molecule has 0 bridgehead atoms. The molecule has 1 fully saturated rings. The van der Waals surface area contributed by atoms with Gasteiger partial charge in [0.25, 0.3) is 5.91 Å². The standard InChI is InChI=1S/C16H19N3O3/c1-18-10-15(21)19(16(18)22)9-14(20)17-13-8-4-6-11-5-2-3-7-12(11)13/h2-3,5,7,13H,4,6,8-10H2,1H3,(H,17,20)/t13-/m1/s1. The summed E-state index contributed by atoms with van der Waals surface area (Å²) in [6.45, 7) is -0.168. The molecule has 1 aliphatic heterocycles. The van der Waals surface area contributed by atoms with Gasteiger partial charge in [-0.3, -0.25) is 14.5 Å². The van der Waals surface area contributed by atoms with Crippen molar-refractivity contribution < 1.29 is 14.4 Å². The van der Waals surface area contributed by atoms with E-state index in [1.165, 1.54) is 10.5 Å². The number of nitrogens with one attached hydrogen (secondary N) is 1. The van der Waals surface area contributed by atoms with Gasteiger partial charge in [-0.2, -0.15) is 0 Å². The van der Waals surface area contributed by atoms with Crippen LogP contribution in [0, 0.1) is 0 Å². The van der Waals surface area contributed by atoms with Gasteiger partial charge in [-0.15, -0.1) is 0 Å². The second kappa shape index (κ2) is 5.79. The Balaban J connectivity index is 1.66. The highest BCUT2D eigenvalue weighted by Crippen LogP contribution is 2.29. The molecule has 0 saturated carbocycles. The number of nitrogens with zero attached hydrogens (tertiary/aromatic N) is 2. The van der Waals surface area contributed by atoms with E-state index in [1.54, 1.807) is 7.05 Å². The lowest BCUT2D eigenvalue weighted by molar-refractivity contribution is -0.131. The minimum Gasteiger partial charge on any atom is -0.348 e. The number of hydrogen-bond acceptors (Lipinski definition) is 3. The topological polar surface area (TPSA) is 69.7 Å². The highest BCUT2D eigenvalue weighted by atomic mass is 16.2. The fourth-order valence-electron chi connectivity index (χ4n) is 3.11. The molecule has 116 valence electrons. The van der Waals surface area contributed by atoms with E-state index in [-0.39, 0.29) is 30.9 Å². The predicted octanol–water partition coefficient (Wildman–Crippen LogP) is 1.07. The maximum absolute atomic E-state index is 12.2. The Morgan fingerprint density at radius 3 is 2.82 bits per heavy atom. The number of urea groups is 1. The zero-order valence-corrected chi connectivity index (χ0v) is 12.5. The van der Waals surface area contributed by atoms with Gasteiger partial charge in [0.05, 0.1) is 6.04 Å². The summed E-state index contributed by atoms with van der Waals surface area (Å²) < 4.78 is 0. The van der Waals surface area contributed by atoms with E-state index in [0.717, 1.165) is 29.7 Å². The summed E-state index contributed by atoms with van der Waals surface area (Å²) in [5.41, 5.74) is 2.39. The highest BCUT2D eigenvalue weighted by Gasteiger charge is 2.35. The molecule has 0 radical (unpaired) electrons. The normalized spacial score (nSPS) is 21.0. The molecule has 6 heteroatoms. The van der Waals surface area contributed by atoms with E-state index in [4.69, 9.17) is 0 Å². The molecule has 1 aliphatic carbocycles. The quantitative estimate of drug-likeness (QED) is 0.849. The summed E-state index contributed by atoms with van der Waals surface area (Å²) in [4.78, 5) is 38.0. The second-order valence-electron chi connectivity index (χ2n) is 5.83. The van der Waals surface area contributed by atoms with Crippen LogP contribution in [0.1, 0.15) is 30.0 Å². The summed E-state index contributed by atoms with van der Waals surface area (Å²) in [5.74, 6) is -0.620. The molecule has 1 N–H and O–H groups in total. The van der Waals surface area contributed by atoms with E-state index >= 15 is 0 Å². The summed E-state index contributed by atoms with van der Waals surface area (Å²) in [6.07, 6.45) is 2.92. The highest BCUT2D eigenvalue weighted by molar-refractivity contribution is 6.04. The van der Waals surface area contributed by atoms with Crippen molar-refractivity contribution in [3.8, 4) is 0 Å². The number of carbonyl (C=O) groups excluding carboxylic acids is 3. The molecule has 1 atom stereocenters. The van der Waals surface area contributed by atoms with Crippen LogP contribution in [0.3, 0.4) is 0 Å². The van der Waals surface area contributed by atoms with Crippen molar-refractivity contribution in [2.75, 3.05) is 20.1 Å². The summed E-state index contributed by atoms with van der Waals surface area (Å²) in [5, 5.41) is 2.95. The lowest BCUT2D eigenvalue weighted by atomic mass is 9.88. The van der Waals surface area contributed by atoms with E-state index < -0.39 is 6.03 Å². The van der Waals surface area contributed by atoms with Crippen molar-refractivity contribution >= 4 is 17.8 Å². The van der Waals surface area contributed by atoms with Gasteiger partial charge in [0.2, 0.25) is 5.91 Å². The van der Waals surface area contributed by atoms with Gasteiger partial charge < -0.3 is 10.2 Å². The Kier molecular flexibility index (Phi) is 3.83. The monoisotopic (exact) mass is 301 g/mol. The third kappa shape index (κ3) is 2.68. The summed E-state index contributed by atoms with van der Waals surface area (Å²) in [6, 6.07) is 7.62. The van der Waals surface area contributed by atoms with Crippen LogP contribution in [0.4, 0.5) is 4.79 Å². The number of carbonyl (C=O) groups is 3. The van der Waals surface area contributed by atoms with Crippen LogP contribution in [0.2, 0.25) is 0 Å². The molecule has 1 heterocycles. The Morgan fingerprint density at radius 1 is 1.32 bits per heavy atom. The van der Waals surface area contributed by atoms with Crippen LogP contribution in [0.25, 0.3) is 0 Å². The minimum atomic E-state index is -0.413. The van der Waals surface area contributed by atoms with Crippen molar-refractivity contribution in [2.45, 2.75) is 25.3 Å². The Bertz CT molecular complexity index is 629. The first-order chi connectivity index (χ1) is 10.6. The van der Waals surface area contributed by atoms with E-state index in [2.05, 4.69) is 11.4 Å². The number of rotatable bonds is 3. The molecule has 0 aromatic heterocycles. The number of benzene rings is 1. The third-order valence-corrected chi connectivity index (χ3v) is 4.24. The molecule has 1 aromatic carbocycles. The van der Waals surface area contributed by atoms with E-state index in [9.17, 15) is 14.4 Å². The van der Waals surface area contributed by atoms with Crippen molar-refractivity contribution in [1.82, 2.24) is 15.1 Å². The molecule has 4 amide bonds. The Hall–Kier alpha value is -2.37.